The third-order valence-electron chi connectivity index (χ3n) is 4.18. The number of carbonyl (C=O) groups is 1. The molecule has 2 aliphatic heterocycles. The Labute approximate surface area is 138 Å². The van der Waals surface area contributed by atoms with Crippen LogP contribution in [-0.2, 0) is 4.79 Å². The minimum Gasteiger partial charge on any atom is -0.475 e. The van der Waals surface area contributed by atoms with Crippen molar-refractivity contribution in [3.63, 3.8) is 0 Å². The molecular formula is C13H13ClF3N5O2. The molecule has 0 saturated carbocycles. The molecule has 130 valence electrons. The van der Waals surface area contributed by atoms with Gasteiger partial charge >= 0.3 is 12.1 Å². The summed E-state index contributed by atoms with van der Waals surface area (Å²) in [6.45, 7) is 0. The first-order valence-electron chi connectivity index (χ1n) is 7.16. The van der Waals surface area contributed by atoms with Crippen molar-refractivity contribution in [2.45, 2.75) is 43.6 Å². The molecule has 4 heterocycles. The number of aliphatic carboxylic acids is 1. The summed E-state index contributed by atoms with van der Waals surface area (Å²) in [7, 11) is 0. The number of hydrogen-bond acceptors (Lipinski definition) is 5. The first-order valence-corrected chi connectivity index (χ1v) is 7.54. The van der Waals surface area contributed by atoms with E-state index < -0.39 is 12.1 Å². The predicted molar refractivity (Wildman–Crippen MR) is 77.6 cm³/mol. The van der Waals surface area contributed by atoms with E-state index in [-0.39, 0.29) is 0 Å². The number of alkyl halides is 3. The van der Waals surface area contributed by atoms with Crippen LogP contribution in [-0.4, -0.2) is 48.9 Å². The van der Waals surface area contributed by atoms with E-state index >= 15 is 0 Å². The standard InChI is InChI=1S/C11H12ClN5.C2HF3O2/c12-10-9-11(14-4-13-10)17(5-15-9)8-3-6-1-2-7(8)16-6;3-2(4,5)1(6)7/h4-8,16H,1-3H2;(H,6,7)/t6-,7+,8-;/m0./s1. The normalized spacial score (nSPS) is 25.6. The molecule has 0 aromatic carbocycles. The monoisotopic (exact) mass is 363 g/mol. The summed E-state index contributed by atoms with van der Waals surface area (Å²) in [5.74, 6) is -2.76. The second kappa shape index (κ2) is 6.17. The number of aromatic nitrogens is 4. The third kappa shape index (κ3) is 3.16. The van der Waals surface area contributed by atoms with Gasteiger partial charge in [-0.05, 0) is 19.3 Å². The summed E-state index contributed by atoms with van der Waals surface area (Å²) in [6, 6.07) is 1.69. The molecule has 4 rings (SSSR count). The molecule has 24 heavy (non-hydrogen) atoms. The molecule has 0 unspecified atom stereocenters. The number of imidazole rings is 1. The van der Waals surface area contributed by atoms with Gasteiger partial charge in [-0.2, -0.15) is 13.2 Å². The highest BCUT2D eigenvalue weighted by atomic mass is 35.5. The molecule has 11 heteroatoms. The van der Waals surface area contributed by atoms with Crippen LogP contribution in [0.4, 0.5) is 13.2 Å². The van der Waals surface area contributed by atoms with Crippen molar-refractivity contribution >= 4 is 28.7 Å². The molecule has 2 saturated heterocycles. The number of nitrogens with one attached hydrogen (secondary N) is 1. The van der Waals surface area contributed by atoms with Crippen LogP contribution in [0.2, 0.25) is 5.15 Å². The van der Waals surface area contributed by atoms with Crippen molar-refractivity contribution in [3.05, 3.63) is 17.8 Å². The van der Waals surface area contributed by atoms with Gasteiger partial charge in [0, 0.05) is 12.1 Å². The van der Waals surface area contributed by atoms with E-state index in [1.807, 2.05) is 6.33 Å². The predicted octanol–water partition coefficient (Wildman–Crippen LogP) is 2.18. The highest BCUT2D eigenvalue weighted by Gasteiger charge is 2.40. The van der Waals surface area contributed by atoms with Gasteiger partial charge in [0.05, 0.1) is 12.4 Å². The van der Waals surface area contributed by atoms with Crippen LogP contribution < -0.4 is 5.32 Å². The van der Waals surface area contributed by atoms with Crippen LogP contribution in [0.5, 0.6) is 0 Å². The molecule has 2 aliphatic rings. The smallest absolute Gasteiger partial charge is 0.475 e. The minimum absolute atomic E-state index is 0.435. The van der Waals surface area contributed by atoms with Crippen LogP contribution in [0.1, 0.15) is 25.3 Å². The molecule has 2 aromatic heterocycles. The number of carboxylic acids is 1. The third-order valence-corrected chi connectivity index (χ3v) is 4.46. The zero-order valence-electron chi connectivity index (χ0n) is 12.2. The van der Waals surface area contributed by atoms with Gasteiger partial charge < -0.3 is 15.0 Å². The number of hydrogen-bond donors (Lipinski definition) is 2. The second-order valence-corrected chi connectivity index (χ2v) is 6.00. The molecular weight excluding hydrogens is 351 g/mol. The van der Waals surface area contributed by atoms with E-state index in [0.717, 1.165) is 12.1 Å². The van der Waals surface area contributed by atoms with Gasteiger partial charge in [-0.3, -0.25) is 0 Å². The van der Waals surface area contributed by atoms with Crippen molar-refractivity contribution < 1.29 is 23.1 Å². The van der Waals surface area contributed by atoms with Gasteiger partial charge in [-0.25, -0.2) is 19.7 Å². The largest absolute Gasteiger partial charge is 0.490 e. The van der Waals surface area contributed by atoms with Crippen molar-refractivity contribution in [3.8, 4) is 0 Å². The topological polar surface area (TPSA) is 92.9 Å². The fraction of sp³-hybridized carbons (Fsp3) is 0.538. The molecule has 2 aromatic rings. The maximum atomic E-state index is 10.6. The summed E-state index contributed by atoms with van der Waals surface area (Å²) in [4.78, 5) is 21.5. The molecule has 0 radical (unpaired) electrons. The van der Waals surface area contributed by atoms with Crippen LogP contribution in [0.15, 0.2) is 12.7 Å². The summed E-state index contributed by atoms with van der Waals surface area (Å²) >= 11 is 6.01. The molecule has 2 fully saturated rings. The Morgan fingerprint density at radius 2 is 2.04 bits per heavy atom. The first kappa shape index (κ1) is 16.9. The van der Waals surface area contributed by atoms with Crippen molar-refractivity contribution in [2.24, 2.45) is 0 Å². The fourth-order valence-corrected chi connectivity index (χ4v) is 3.35. The number of nitrogens with zero attached hydrogens (tertiary/aromatic N) is 4. The lowest BCUT2D eigenvalue weighted by Crippen LogP contribution is -2.25. The highest BCUT2D eigenvalue weighted by Crippen LogP contribution is 2.37. The number of halogens is 4. The Morgan fingerprint density at radius 1 is 1.33 bits per heavy atom. The van der Waals surface area contributed by atoms with Crippen molar-refractivity contribution in [2.75, 3.05) is 0 Å². The number of rotatable bonds is 1. The summed E-state index contributed by atoms with van der Waals surface area (Å²) in [5.41, 5.74) is 1.56. The Balaban J connectivity index is 0.000000209. The van der Waals surface area contributed by atoms with Gasteiger partial charge in [-0.1, -0.05) is 11.6 Å². The van der Waals surface area contributed by atoms with E-state index in [4.69, 9.17) is 21.5 Å². The maximum Gasteiger partial charge on any atom is 0.490 e. The lowest BCUT2D eigenvalue weighted by atomic mass is 9.95. The summed E-state index contributed by atoms with van der Waals surface area (Å²) in [6.07, 6.45) is 1.97. The van der Waals surface area contributed by atoms with Gasteiger partial charge in [0.2, 0.25) is 0 Å². The van der Waals surface area contributed by atoms with E-state index in [1.54, 1.807) is 0 Å². The number of carboxylic acid groups (broad SMARTS) is 1. The van der Waals surface area contributed by atoms with E-state index in [2.05, 4.69) is 24.8 Å². The second-order valence-electron chi connectivity index (χ2n) is 5.64. The Morgan fingerprint density at radius 3 is 2.58 bits per heavy atom. The molecule has 0 spiro atoms. The average molecular weight is 364 g/mol. The van der Waals surface area contributed by atoms with Crippen molar-refractivity contribution in [1.29, 1.82) is 0 Å². The van der Waals surface area contributed by atoms with Gasteiger partial charge in [0.1, 0.15) is 11.8 Å². The van der Waals surface area contributed by atoms with Crippen LogP contribution in [0, 0.1) is 0 Å². The maximum absolute atomic E-state index is 10.6. The Bertz CT molecular complexity index is 766. The highest BCUT2D eigenvalue weighted by molar-refractivity contribution is 6.33. The molecule has 0 amide bonds. The molecule has 2 bridgehead atoms. The zero-order chi connectivity index (χ0) is 17.5. The minimum atomic E-state index is -5.08. The average Bonchev–Trinajstić information content (AvgIpc) is 3.21. The first-order chi connectivity index (χ1) is 11.3. The quantitative estimate of drug-likeness (QED) is 0.754. The van der Waals surface area contributed by atoms with Crippen LogP contribution in [0.25, 0.3) is 11.2 Å². The van der Waals surface area contributed by atoms with Gasteiger partial charge in [-0.15, -0.1) is 0 Å². The van der Waals surface area contributed by atoms with Crippen LogP contribution >= 0.6 is 11.6 Å². The molecule has 3 atom stereocenters. The summed E-state index contributed by atoms with van der Waals surface area (Å²) < 4.78 is 33.9. The van der Waals surface area contributed by atoms with E-state index in [9.17, 15) is 13.2 Å². The molecule has 2 N–H and O–H groups in total. The lowest BCUT2D eigenvalue weighted by molar-refractivity contribution is -0.192. The fourth-order valence-electron chi connectivity index (χ4n) is 3.17. The molecule has 7 nitrogen and oxygen atoms in total. The van der Waals surface area contributed by atoms with Crippen LogP contribution in [0.3, 0.4) is 0 Å². The number of fused-ring (bicyclic) bond motifs is 3. The molecule has 0 aliphatic carbocycles. The van der Waals surface area contributed by atoms with Gasteiger partial charge in [0.15, 0.2) is 10.8 Å². The van der Waals surface area contributed by atoms with Gasteiger partial charge in [0.25, 0.3) is 0 Å². The Hall–Kier alpha value is -1.94. The van der Waals surface area contributed by atoms with Crippen molar-refractivity contribution in [1.82, 2.24) is 24.8 Å². The SMILES string of the molecule is Clc1ncnc2c1ncn2[C@H]1C[C@@H]2CC[C@H]1N2.O=C(O)C(F)(F)F. The Kier molecular flexibility index (Phi) is 4.35. The van der Waals surface area contributed by atoms with E-state index in [0.29, 0.717) is 28.8 Å². The lowest BCUT2D eigenvalue weighted by Gasteiger charge is -2.21. The zero-order valence-corrected chi connectivity index (χ0v) is 12.9. The van der Waals surface area contributed by atoms with E-state index in [1.165, 1.54) is 19.2 Å². The summed E-state index contributed by atoms with van der Waals surface area (Å²) in [5, 5.41) is 11.2.